The fraction of sp³-hybridized carbons (Fsp3) is 0.100. The van der Waals surface area contributed by atoms with Crippen LogP contribution >= 0.6 is 0 Å². The molecule has 1 unspecified atom stereocenters. The molecule has 0 bridgehead atoms. The van der Waals surface area contributed by atoms with Crippen LogP contribution in [0.25, 0.3) is 0 Å². The lowest BCUT2D eigenvalue weighted by molar-refractivity contribution is 0.0334. The Morgan fingerprint density at radius 1 is 1.00 bits per heavy atom. The number of para-hydroxylation sites is 1. The Morgan fingerprint density at radius 3 is 2.44 bits per heavy atom. The number of nitrogens with zero attached hydrogens (tertiary/aromatic N) is 1. The first-order valence-corrected chi connectivity index (χ1v) is 7.78. The number of halogens is 1. The lowest BCUT2D eigenvalue weighted by atomic mass is 10.1. The molecule has 1 heterocycles. The van der Waals surface area contributed by atoms with Crippen LogP contribution in [0.1, 0.15) is 28.9 Å². The maximum absolute atomic E-state index is 13.0. The molecule has 0 fully saturated rings. The number of carbonyl (C=O) groups excluding carboxylic acids is 1. The van der Waals surface area contributed by atoms with Gasteiger partial charge < -0.3 is 9.47 Å². The predicted octanol–water partition coefficient (Wildman–Crippen LogP) is 4.93. The van der Waals surface area contributed by atoms with E-state index < -0.39 is 12.1 Å². The van der Waals surface area contributed by atoms with Gasteiger partial charge in [0.25, 0.3) is 0 Å². The van der Waals surface area contributed by atoms with Gasteiger partial charge in [-0.2, -0.15) is 0 Å². The first-order chi connectivity index (χ1) is 12.1. The number of rotatable bonds is 5. The van der Waals surface area contributed by atoms with Crippen molar-refractivity contribution in [3.05, 3.63) is 89.9 Å². The number of hydrogen-bond acceptors (Lipinski definition) is 4. The summed E-state index contributed by atoms with van der Waals surface area (Å²) in [4.78, 5) is 16.6. The molecule has 2 aromatic carbocycles. The van der Waals surface area contributed by atoms with E-state index in [9.17, 15) is 9.18 Å². The third-order valence-electron chi connectivity index (χ3n) is 3.57. The van der Waals surface area contributed by atoms with Gasteiger partial charge in [0.05, 0.1) is 0 Å². The van der Waals surface area contributed by atoms with E-state index in [4.69, 9.17) is 9.47 Å². The van der Waals surface area contributed by atoms with Gasteiger partial charge in [-0.1, -0.05) is 30.3 Å². The van der Waals surface area contributed by atoms with Crippen molar-refractivity contribution in [1.29, 1.82) is 0 Å². The summed E-state index contributed by atoms with van der Waals surface area (Å²) in [5.74, 6) is -0.157. The van der Waals surface area contributed by atoms with Gasteiger partial charge >= 0.3 is 5.97 Å². The zero-order chi connectivity index (χ0) is 17.6. The summed E-state index contributed by atoms with van der Waals surface area (Å²) >= 11 is 0. The molecule has 0 spiro atoms. The summed E-state index contributed by atoms with van der Waals surface area (Å²) in [7, 11) is 0. The second kappa shape index (κ2) is 7.57. The molecule has 0 N–H and O–H groups in total. The quantitative estimate of drug-likeness (QED) is 0.619. The van der Waals surface area contributed by atoms with E-state index >= 15 is 0 Å². The molecule has 4 nitrogen and oxygen atoms in total. The Labute approximate surface area is 144 Å². The molecule has 3 rings (SSSR count). The van der Waals surface area contributed by atoms with Gasteiger partial charge in [0.15, 0.2) is 0 Å². The third kappa shape index (κ3) is 4.20. The average Bonchev–Trinajstić information content (AvgIpc) is 2.63. The van der Waals surface area contributed by atoms with Gasteiger partial charge in [0, 0.05) is 6.20 Å². The normalized spacial score (nSPS) is 11.6. The number of aromatic nitrogens is 1. The maximum Gasteiger partial charge on any atom is 0.344 e. The molecule has 0 aliphatic carbocycles. The minimum Gasteiger partial charge on any atom is -0.454 e. The van der Waals surface area contributed by atoms with Crippen LogP contribution in [0.2, 0.25) is 0 Å². The molecule has 1 aromatic heterocycles. The lowest BCUT2D eigenvalue weighted by Crippen LogP contribution is -2.11. The van der Waals surface area contributed by atoms with Crippen LogP contribution in [-0.2, 0) is 4.74 Å². The Hall–Kier alpha value is -3.21. The smallest absolute Gasteiger partial charge is 0.344 e. The van der Waals surface area contributed by atoms with Crippen molar-refractivity contribution in [3.63, 3.8) is 0 Å². The summed E-state index contributed by atoms with van der Waals surface area (Å²) in [6, 6.07) is 18.1. The van der Waals surface area contributed by atoms with Crippen molar-refractivity contribution in [2.75, 3.05) is 0 Å². The fourth-order valence-corrected chi connectivity index (χ4v) is 2.25. The lowest BCUT2D eigenvalue weighted by Gasteiger charge is -2.15. The van der Waals surface area contributed by atoms with Crippen LogP contribution in [0.15, 0.2) is 72.9 Å². The molecule has 126 valence electrons. The summed E-state index contributed by atoms with van der Waals surface area (Å²) < 4.78 is 24.1. The van der Waals surface area contributed by atoms with E-state index in [-0.39, 0.29) is 17.3 Å². The molecule has 0 amide bonds. The topological polar surface area (TPSA) is 48.4 Å². The summed E-state index contributed by atoms with van der Waals surface area (Å²) in [6.07, 6.45) is 1.01. The van der Waals surface area contributed by atoms with Crippen molar-refractivity contribution >= 4 is 5.97 Å². The standard InChI is InChI=1S/C20H16FNO3/c1-14(15-9-11-16(21)12-10-15)24-20(23)18-8-5-13-22-19(18)25-17-6-3-2-4-7-17/h2-14H,1H3. The zero-order valence-corrected chi connectivity index (χ0v) is 13.6. The summed E-state index contributed by atoms with van der Waals surface area (Å²) in [5.41, 5.74) is 0.921. The molecule has 25 heavy (non-hydrogen) atoms. The minimum atomic E-state index is -0.559. The van der Waals surface area contributed by atoms with E-state index in [0.29, 0.717) is 11.3 Å². The SMILES string of the molecule is CC(OC(=O)c1cccnc1Oc1ccccc1)c1ccc(F)cc1. The third-order valence-corrected chi connectivity index (χ3v) is 3.57. The van der Waals surface area contributed by atoms with Crippen LogP contribution in [0.3, 0.4) is 0 Å². The highest BCUT2D eigenvalue weighted by Gasteiger charge is 2.19. The van der Waals surface area contributed by atoms with Crippen LogP contribution in [-0.4, -0.2) is 11.0 Å². The molecule has 0 aliphatic heterocycles. The van der Waals surface area contributed by atoms with Crippen molar-refractivity contribution in [1.82, 2.24) is 4.98 Å². The van der Waals surface area contributed by atoms with Crippen LogP contribution in [0.5, 0.6) is 11.6 Å². The molecule has 0 saturated carbocycles. The second-order valence-electron chi connectivity index (χ2n) is 5.37. The average molecular weight is 337 g/mol. The van der Waals surface area contributed by atoms with E-state index in [1.165, 1.54) is 12.1 Å². The van der Waals surface area contributed by atoms with Crippen LogP contribution in [0, 0.1) is 5.82 Å². The zero-order valence-electron chi connectivity index (χ0n) is 13.6. The maximum atomic E-state index is 13.0. The monoisotopic (exact) mass is 337 g/mol. The highest BCUT2D eigenvalue weighted by atomic mass is 19.1. The van der Waals surface area contributed by atoms with E-state index in [0.717, 1.165) is 0 Å². The fourth-order valence-electron chi connectivity index (χ4n) is 2.25. The van der Waals surface area contributed by atoms with Gasteiger partial charge in [-0.15, -0.1) is 0 Å². The van der Waals surface area contributed by atoms with Crippen LogP contribution < -0.4 is 4.74 Å². The molecule has 0 saturated heterocycles. The molecular formula is C20H16FNO3. The van der Waals surface area contributed by atoms with Crippen LogP contribution in [0.4, 0.5) is 4.39 Å². The largest absolute Gasteiger partial charge is 0.454 e. The first kappa shape index (κ1) is 16.6. The van der Waals surface area contributed by atoms with E-state index in [2.05, 4.69) is 4.98 Å². The number of hydrogen-bond donors (Lipinski definition) is 0. The number of ether oxygens (including phenoxy) is 2. The first-order valence-electron chi connectivity index (χ1n) is 7.78. The molecule has 1 atom stereocenters. The van der Waals surface area contributed by atoms with E-state index in [1.54, 1.807) is 49.5 Å². The second-order valence-corrected chi connectivity index (χ2v) is 5.37. The molecule has 5 heteroatoms. The Kier molecular flexibility index (Phi) is 5.04. The van der Waals surface area contributed by atoms with Gasteiger partial charge in [-0.05, 0) is 48.9 Å². The van der Waals surface area contributed by atoms with Gasteiger partial charge in [0.2, 0.25) is 5.88 Å². The van der Waals surface area contributed by atoms with E-state index in [1.807, 2.05) is 18.2 Å². The number of carbonyl (C=O) groups is 1. The molecule has 0 radical (unpaired) electrons. The van der Waals surface area contributed by atoms with Crippen molar-refractivity contribution in [3.8, 4) is 11.6 Å². The van der Waals surface area contributed by atoms with Gasteiger partial charge in [-0.3, -0.25) is 0 Å². The minimum absolute atomic E-state index is 0.171. The van der Waals surface area contributed by atoms with Gasteiger partial charge in [0.1, 0.15) is 23.2 Å². The highest BCUT2D eigenvalue weighted by molar-refractivity contribution is 5.92. The van der Waals surface area contributed by atoms with Crippen molar-refractivity contribution in [2.45, 2.75) is 13.0 Å². The number of pyridine rings is 1. The highest BCUT2D eigenvalue weighted by Crippen LogP contribution is 2.25. The summed E-state index contributed by atoms with van der Waals surface area (Å²) in [6.45, 7) is 1.72. The molecular weight excluding hydrogens is 321 g/mol. The van der Waals surface area contributed by atoms with Crippen molar-refractivity contribution in [2.24, 2.45) is 0 Å². The Balaban J connectivity index is 1.77. The predicted molar refractivity (Wildman–Crippen MR) is 91.0 cm³/mol. The summed E-state index contributed by atoms with van der Waals surface area (Å²) in [5, 5.41) is 0. The molecule has 3 aromatic rings. The van der Waals surface area contributed by atoms with Crippen molar-refractivity contribution < 1.29 is 18.7 Å². The molecule has 0 aliphatic rings. The Bertz CT molecular complexity index is 850. The number of benzene rings is 2. The Morgan fingerprint density at radius 2 is 1.72 bits per heavy atom. The number of esters is 1. The van der Waals surface area contributed by atoms with Gasteiger partial charge in [-0.25, -0.2) is 14.2 Å².